The molecule has 1 saturated heterocycles. The van der Waals surface area contributed by atoms with Gasteiger partial charge in [0.2, 0.25) is 10.0 Å². The van der Waals surface area contributed by atoms with Crippen LogP contribution >= 0.6 is 0 Å². The number of sulfonamides is 1. The summed E-state index contributed by atoms with van der Waals surface area (Å²) in [4.78, 5) is 2.25. The molecule has 0 amide bonds. The molecule has 134 valence electrons. The van der Waals surface area contributed by atoms with E-state index in [1.807, 2.05) is 13.0 Å². The Bertz CT molecular complexity index is 845. The first kappa shape index (κ1) is 17.7. The zero-order valence-electron chi connectivity index (χ0n) is 14.3. The third-order valence-electron chi connectivity index (χ3n) is 4.37. The Morgan fingerprint density at radius 1 is 1.00 bits per heavy atom. The van der Waals surface area contributed by atoms with Gasteiger partial charge >= 0.3 is 0 Å². The quantitative estimate of drug-likeness (QED) is 0.837. The average molecular weight is 364 g/mol. The molecule has 0 radical (unpaired) electrons. The minimum Gasteiger partial charge on any atom is -0.495 e. The number of methoxy groups -OCH3 is 1. The van der Waals surface area contributed by atoms with E-state index in [-0.39, 0.29) is 10.7 Å². The fraction of sp³-hybridized carbons (Fsp3) is 0.333. The summed E-state index contributed by atoms with van der Waals surface area (Å²) < 4.78 is 45.7. The maximum Gasteiger partial charge on any atom is 0.246 e. The fourth-order valence-electron chi connectivity index (χ4n) is 2.96. The van der Waals surface area contributed by atoms with Crippen molar-refractivity contribution in [2.24, 2.45) is 0 Å². The highest BCUT2D eigenvalue weighted by molar-refractivity contribution is 7.89. The molecule has 2 aromatic carbocycles. The van der Waals surface area contributed by atoms with E-state index < -0.39 is 10.0 Å². The lowest BCUT2D eigenvalue weighted by Gasteiger charge is -2.35. The van der Waals surface area contributed by atoms with Crippen molar-refractivity contribution in [3.63, 3.8) is 0 Å². The zero-order valence-corrected chi connectivity index (χ0v) is 15.1. The number of rotatable bonds is 4. The molecule has 1 aliphatic rings. The highest BCUT2D eigenvalue weighted by atomic mass is 32.2. The molecule has 7 heteroatoms. The Labute approximate surface area is 147 Å². The molecule has 2 aromatic rings. The molecule has 3 rings (SSSR count). The largest absolute Gasteiger partial charge is 0.495 e. The zero-order chi connectivity index (χ0) is 18.0. The number of piperazine rings is 1. The van der Waals surface area contributed by atoms with Crippen molar-refractivity contribution in [2.75, 3.05) is 38.2 Å². The number of halogens is 1. The first-order valence-electron chi connectivity index (χ1n) is 8.07. The van der Waals surface area contributed by atoms with Crippen LogP contribution in [0.15, 0.2) is 47.4 Å². The molecular weight excluding hydrogens is 343 g/mol. The second-order valence-corrected chi connectivity index (χ2v) is 7.93. The Kier molecular flexibility index (Phi) is 4.96. The first-order valence-corrected chi connectivity index (χ1v) is 9.51. The lowest BCUT2D eigenvalue weighted by molar-refractivity contribution is 0.374. The van der Waals surface area contributed by atoms with Gasteiger partial charge in [0, 0.05) is 31.9 Å². The van der Waals surface area contributed by atoms with Gasteiger partial charge in [0.05, 0.1) is 7.11 Å². The summed E-state index contributed by atoms with van der Waals surface area (Å²) in [5, 5.41) is 0. The summed E-state index contributed by atoms with van der Waals surface area (Å²) in [6.07, 6.45) is 0. The maximum atomic E-state index is 13.0. The van der Waals surface area contributed by atoms with Gasteiger partial charge in [0.15, 0.2) is 0 Å². The van der Waals surface area contributed by atoms with Crippen LogP contribution in [0.2, 0.25) is 0 Å². The van der Waals surface area contributed by atoms with E-state index in [9.17, 15) is 12.8 Å². The van der Waals surface area contributed by atoms with Gasteiger partial charge < -0.3 is 9.64 Å². The molecule has 0 aromatic heterocycles. The minimum absolute atomic E-state index is 0.199. The van der Waals surface area contributed by atoms with E-state index in [1.165, 1.54) is 23.5 Å². The van der Waals surface area contributed by atoms with E-state index in [0.717, 1.165) is 11.3 Å². The summed E-state index contributed by atoms with van der Waals surface area (Å²) in [5.41, 5.74) is 1.76. The smallest absolute Gasteiger partial charge is 0.246 e. The number of hydrogen-bond acceptors (Lipinski definition) is 4. The van der Waals surface area contributed by atoms with Gasteiger partial charge in [-0.1, -0.05) is 6.07 Å². The standard InChI is InChI=1S/C18H21FN2O3S/c1-14-3-8-17(24-2)18(13-14)25(22,23)21-11-9-20(10-12-21)16-6-4-15(19)5-7-16/h3-8,13H,9-12H2,1-2H3. The highest BCUT2D eigenvalue weighted by Gasteiger charge is 2.31. The Morgan fingerprint density at radius 2 is 1.64 bits per heavy atom. The fourth-order valence-corrected chi connectivity index (χ4v) is 4.63. The van der Waals surface area contributed by atoms with Crippen molar-refractivity contribution < 1.29 is 17.5 Å². The van der Waals surface area contributed by atoms with Crippen molar-refractivity contribution in [3.05, 3.63) is 53.8 Å². The maximum absolute atomic E-state index is 13.0. The van der Waals surface area contributed by atoms with Crippen molar-refractivity contribution in [1.82, 2.24) is 4.31 Å². The first-order chi connectivity index (χ1) is 11.9. The number of hydrogen-bond donors (Lipinski definition) is 0. The summed E-state index contributed by atoms with van der Waals surface area (Å²) in [6, 6.07) is 11.4. The van der Waals surface area contributed by atoms with E-state index >= 15 is 0 Å². The lowest BCUT2D eigenvalue weighted by Crippen LogP contribution is -2.48. The lowest BCUT2D eigenvalue weighted by atomic mass is 10.2. The molecule has 1 fully saturated rings. The number of anilines is 1. The molecule has 1 aliphatic heterocycles. The summed E-state index contributed by atoms with van der Waals surface area (Å²) in [6.45, 7) is 3.70. The molecule has 5 nitrogen and oxygen atoms in total. The summed E-state index contributed by atoms with van der Waals surface area (Å²) >= 11 is 0. The van der Waals surface area contributed by atoms with Gasteiger partial charge in [-0.3, -0.25) is 0 Å². The van der Waals surface area contributed by atoms with Crippen LogP contribution in [0.5, 0.6) is 5.75 Å². The molecule has 0 N–H and O–H groups in total. The van der Waals surface area contributed by atoms with Gasteiger partial charge in [-0.05, 0) is 48.9 Å². The third-order valence-corrected chi connectivity index (χ3v) is 6.29. The number of benzene rings is 2. The second-order valence-electron chi connectivity index (χ2n) is 6.02. The molecule has 0 atom stereocenters. The van der Waals surface area contributed by atoms with Crippen LogP contribution in [0.4, 0.5) is 10.1 Å². The van der Waals surface area contributed by atoms with E-state index in [2.05, 4.69) is 4.90 Å². The van der Waals surface area contributed by atoms with Gasteiger partial charge in [-0.2, -0.15) is 4.31 Å². The second kappa shape index (κ2) is 7.01. The van der Waals surface area contributed by atoms with Crippen LogP contribution in [0.25, 0.3) is 0 Å². The molecule has 0 spiro atoms. The van der Waals surface area contributed by atoms with Gasteiger partial charge in [0.25, 0.3) is 0 Å². The molecule has 0 bridgehead atoms. The van der Waals surface area contributed by atoms with Crippen molar-refractivity contribution in [2.45, 2.75) is 11.8 Å². The summed E-state index contributed by atoms with van der Waals surface area (Å²) in [7, 11) is -2.15. The van der Waals surface area contributed by atoms with Crippen LogP contribution in [-0.4, -0.2) is 46.0 Å². The SMILES string of the molecule is COc1ccc(C)cc1S(=O)(=O)N1CCN(c2ccc(F)cc2)CC1. The Hall–Kier alpha value is -2.12. The van der Waals surface area contributed by atoms with Crippen molar-refractivity contribution >= 4 is 15.7 Å². The topological polar surface area (TPSA) is 49.9 Å². The van der Waals surface area contributed by atoms with Crippen LogP contribution in [0.1, 0.15) is 5.56 Å². The molecule has 0 aliphatic carbocycles. The molecule has 1 heterocycles. The molecule has 25 heavy (non-hydrogen) atoms. The van der Waals surface area contributed by atoms with Crippen LogP contribution < -0.4 is 9.64 Å². The normalized spacial score (nSPS) is 16.0. The van der Waals surface area contributed by atoms with Crippen LogP contribution in [-0.2, 0) is 10.0 Å². The monoisotopic (exact) mass is 364 g/mol. The molecular formula is C18H21FN2O3S. The predicted molar refractivity (Wildman–Crippen MR) is 95.1 cm³/mol. The van der Waals surface area contributed by atoms with E-state index in [0.29, 0.717) is 31.9 Å². The Morgan fingerprint density at radius 3 is 2.24 bits per heavy atom. The third kappa shape index (κ3) is 3.62. The van der Waals surface area contributed by atoms with E-state index in [4.69, 9.17) is 4.74 Å². The number of ether oxygens (including phenoxy) is 1. The van der Waals surface area contributed by atoms with Crippen LogP contribution in [0.3, 0.4) is 0 Å². The highest BCUT2D eigenvalue weighted by Crippen LogP contribution is 2.29. The molecule has 0 saturated carbocycles. The van der Waals surface area contributed by atoms with Crippen LogP contribution in [0, 0.1) is 12.7 Å². The minimum atomic E-state index is -3.62. The average Bonchev–Trinajstić information content (AvgIpc) is 2.62. The van der Waals surface area contributed by atoms with Gasteiger partial charge in [-0.15, -0.1) is 0 Å². The van der Waals surface area contributed by atoms with E-state index in [1.54, 1.807) is 24.3 Å². The van der Waals surface area contributed by atoms with Gasteiger partial charge in [0.1, 0.15) is 16.5 Å². The predicted octanol–water partition coefficient (Wildman–Crippen LogP) is 2.65. The number of nitrogens with zero attached hydrogens (tertiary/aromatic N) is 2. The number of aryl methyl sites for hydroxylation is 1. The van der Waals surface area contributed by atoms with Gasteiger partial charge in [-0.25, -0.2) is 12.8 Å². The van der Waals surface area contributed by atoms with Crippen molar-refractivity contribution in [1.29, 1.82) is 0 Å². The van der Waals surface area contributed by atoms with Crippen molar-refractivity contribution in [3.8, 4) is 5.75 Å². The summed E-state index contributed by atoms with van der Waals surface area (Å²) in [5.74, 6) is 0.0723. The Balaban J connectivity index is 1.78. The molecule has 0 unspecified atom stereocenters.